The molecule has 1 amide bonds. The zero-order chi connectivity index (χ0) is 22.8. The molecule has 0 spiro atoms. The van der Waals surface area contributed by atoms with Crippen LogP contribution in [-0.2, 0) is 24.2 Å². The molecular formula is C26H25N3O2S2. The van der Waals surface area contributed by atoms with Gasteiger partial charge in [-0.25, -0.2) is 4.98 Å². The van der Waals surface area contributed by atoms with Crippen molar-refractivity contribution in [2.24, 2.45) is 0 Å². The predicted octanol–water partition coefficient (Wildman–Crippen LogP) is 5.75. The minimum absolute atomic E-state index is 0.0404. The van der Waals surface area contributed by atoms with Gasteiger partial charge in [-0.3, -0.25) is 14.2 Å². The van der Waals surface area contributed by atoms with Crippen LogP contribution in [0.5, 0.6) is 0 Å². The minimum Gasteiger partial charge on any atom is -0.325 e. The summed E-state index contributed by atoms with van der Waals surface area (Å²) >= 11 is 2.97. The van der Waals surface area contributed by atoms with Crippen molar-refractivity contribution in [2.75, 3.05) is 11.1 Å². The van der Waals surface area contributed by atoms with Gasteiger partial charge in [-0.15, -0.1) is 11.3 Å². The van der Waals surface area contributed by atoms with Crippen molar-refractivity contribution in [3.63, 3.8) is 0 Å². The summed E-state index contributed by atoms with van der Waals surface area (Å²) in [6, 6.07) is 17.8. The van der Waals surface area contributed by atoms with Gasteiger partial charge in [0.2, 0.25) is 5.91 Å². The molecule has 0 atom stereocenters. The van der Waals surface area contributed by atoms with Crippen LogP contribution >= 0.6 is 23.1 Å². The number of amides is 1. The quantitative estimate of drug-likeness (QED) is 0.273. The zero-order valence-electron chi connectivity index (χ0n) is 18.5. The van der Waals surface area contributed by atoms with Crippen LogP contribution in [-0.4, -0.2) is 21.2 Å². The SMILES string of the molecule is CCCn1c(SCC(=O)Nc2ccccc2-c2ccccc2)nc2sc3c(c2c1=O)CCC3. The summed E-state index contributed by atoms with van der Waals surface area (Å²) < 4.78 is 1.75. The number of thioether (sulfide) groups is 1. The average molecular weight is 476 g/mol. The van der Waals surface area contributed by atoms with Gasteiger partial charge >= 0.3 is 0 Å². The van der Waals surface area contributed by atoms with Crippen molar-refractivity contribution < 1.29 is 4.79 Å². The van der Waals surface area contributed by atoms with Crippen LogP contribution in [0.25, 0.3) is 21.3 Å². The molecule has 2 aromatic carbocycles. The number of hydrogen-bond donors (Lipinski definition) is 1. The van der Waals surface area contributed by atoms with E-state index < -0.39 is 0 Å². The van der Waals surface area contributed by atoms with Crippen LogP contribution in [0, 0.1) is 0 Å². The largest absolute Gasteiger partial charge is 0.325 e. The van der Waals surface area contributed by atoms with E-state index in [0.29, 0.717) is 11.7 Å². The van der Waals surface area contributed by atoms with Gasteiger partial charge in [0.15, 0.2) is 5.16 Å². The molecule has 0 unspecified atom stereocenters. The first-order valence-corrected chi connectivity index (χ1v) is 13.1. The van der Waals surface area contributed by atoms with Crippen molar-refractivity contribution >= 4 is 44.9 Å². The number of aryl methyl sites for hydroxylation is 2. The Balaban J connectivity index is 1.38. The van der Waals surface area contributed by atoms with Crippen molar-refractivity contribution in [1.82, 2.24) is 9.55 Å². The molecular weight excluding hydrogens is 450 g/mol. The lowest BCUT2D eigenvalue weighted by atomic mass is 10.0. The van der Waals surface area contributed by atoms with Crippen LogP contribution in [0.1, 0.15) is 30.2 Å². The first kappa shape index (κ1) is 21.9. The second-order valence-electron chi connectivity index (χ2n) is 8.14. The number of fused-ring (bicyclic) bond motifs is 3. The molecule has 7 heteroatoms. The molecule has 1 aliphatic rings. The summed E-state index contributed by atoms with van der Waals surface area (Å²) in [5.74, 6) is 0.0741. The number of rotatable bonds is 7. The van der Waals surface area contributed by atoms with Crippen molar-refractivity contribution in [3.8, 4) is 11.1 Å². The molecule has 4 aromatic rings. The normalized spacial score (nSPS) is 12.8. The summed E-state index contributed by atoms with van der Waals surface area (Å²) in [6.45, 7) is 2.66. The van der Waals surface area contributed by atoms with E-state index in [0.717, 1.165) is 52.7 Å². The number of hydrogen-bond acceptors (Lipinski definition) is 5. The molecule has 0 radical (unpaired) electrons. The second-order valence-corrected chi connectivity index (χ2v) is 10.2. The maximum absolute atomic E-state index is 13.3. The third kappa shape index (κ3) is 4.35. The highest BCUT2D eigenvalue weighted by molar-refractivity contribution is 7.99. The van der Waals surface area contributed by atoms with Gasteiger partial charge < -0.3 is 5.32 Å². The fraction of sp³-hybridized carbons (Fsp3) is 0.269. The predicted molar refractivity (Wildman–Crippen MR) is 137 cm³/mol. The molecule has 0 saturated carbocycles. The first-order chi connectivity index (χ1) is 16.2. The van der Waals surface area contributed by atoms with Crippen LogP contribution in [0.15, 0.2) is 64.5 Å². The number of aromatic nitrogens is 2. The third-order valence-electron chi connectivity index (χ3n) is 5.86. The standard InChI is InChI=1S/C26H25N3O2S2/c1-2-15-29-25(31)23-19-12-8-14-21(19)33-24(23)28-26(29)32-16-22(30)27-20-13-7-6-11-18(20)17-9-4-3-5-10-17/h3-7,9-11,13H,2,8,12,14-16H2,1H3,(H,27,30). The van der Waals surface area contributed by atoms with Crippen LogP contribution in [0.2, 0.25) is 0 Å². The molecule has 0 saturated heterocycles. The van der Waals surface area contributed by atoms with E-state index in [4.69, 9.17) is 4.98 Å². The minimum atomic E-state index is -0.116. The first-order valence-electron chi connectivity index (χ1n) is 11.3. The topological polar surface area (TPSA) is 64.0 Å². The number of para-hydroxylation sites is 1. The number of nitrogens with one attached hydrogen (secondary N) is 1. The lowest BCUT2D eigenvalue weighted by Crippen LogP contribution is -2.24. The number of benzene rings is 2. The Morgan fingerprint density at radius 1 is 1.12 bits per heavy atom. The van der Waals surface area contributed by atoms with Gasteiger partial charge in [-0.1, -0.05) is 67.2 Å². The lowest BCUT2D eigenvalue weighted by molar-refractivity contribution is -0.113. The van der Waals surface area contributed by atoms with Gasteiger partial charge in [0, 0.05) is 22.7 Å². The Kier molecular flexibility index (Phi) is 6.33. The summed E-state index contributed by atoms with van der Waals surface area (Å²) in [6.07, 6.45) is 3.96. The molecule has 0 fully saturated rings. The average Bonchev–Trinajstić information content (AvgIpc) is 3.42. The van der Waals surface area contributed by atoms with Gasteiger partial charge in [-0.2, -0.15) is 0 Å². The molecule has 168 valence electrons. The number of thiophene rings is 1. The number of nitrogens with zero attached hydrogens (tertiary/aromatic N) is 2. The molecule has 1 aliphatic carbocycles. The van der Waals surface area contributed by atoms with E-state index >= 15 is 0 Å². The summed E-state index contributed by atoms with van der Waals surface area (Å²) in [5, 5.41) is 4.47. The van der Waals surface area contributed by atoms with Crippen molar-refractivity contribution in [3.05, 3.63) is 75.4 Å². The summed E-state index contributed by atoms with van der Waals surface area (Å²) in [5.41, 5.74) is 4.05. The Hall–Kier alpha value is -2.90. The monoisotopic (exact) mass is 475 g/mol. The van der Waals surface area contributed by atoms with E-state index in [2.05, 4.69) is 12.2 Å². The Morgan fingerprint density at radius 3 is 2.73 bits per heavy atom. The van der Waals surface area contributed by atoms with E-state index in [1.807, 2.05) is 54.6 Å². The molecule has 0 bridgehead atoms. The highest BCUT2D eigenvalue weighted by atomic mass is 32.2. The van der Waals surface area contributed by atoms with Gasteiger partial charge in [0.05, 0.1) is 11.1 Å². The van der Waals surface area contributed by atoms with E-state index in [9.17, 15) is 9.59 Å². The van der Waals surface area contributed by atoms with E-state index in [1.54, 1.807) is 15.9 Å². The number of carbonyl (C=O) groups excluding carboxylic acids is 1. The van der Waals surface area contributed by atoms with Crippen LogP contribution < -0.4 is 10.9 Å². The molecule has 5 nitrogen and oxygen atoms in total. The fourth-order valence-corrected chi connectivity index (χ4v) is 6.49. The van der Waals surface area contributed by atoms with E-state index in [-0.39, 0.29) is 17.2 Å². The highest BCUT2D eigenvalue weighted by Crippen LogP contribution is 2.35. The Labute approximate surface area is 200 Å². The molecule has 2 heterocycles. The maximum Gasteiger partial charge on any atom is 0.263 e. The highest BCUT2D eigenvalue weighted by Gasteiger charge is 2.23. The van der Waals surface area contributed by atoms with Crippen LogP contribution in [0.3, 0.4) is 0 Å². The molecule has 33 heavy (non-hydrogen) atoms. The van der Waals surface area contributed by atoms with Crippen molar-refractivity contribution in [1.29, 1.82) is 0 Å². The number of anilines is 1. The van der Waals surface area contributed by atoms with Crippen LogP contribution in [0.4, 0.5) is 5.69 Å². The Morgan fingerprint density at radius 2 is 1.91 bits per heavy atom. The molecule has 2 aromatic heterocycles. The van der Waals surface area contributed by atoms with Gasteiger partial charge in [0.25, 0.3) is 5.56 Å². The Bertz CT molecular complexity index is 1380. The summed E-state index contributed by atoms with van der Waals surface area (Å²) in [4.78, 5) is 33.1. The molecule has 1 N–H and O–H groups in total. The molecule has 5 rings (SSSR count). The fourth-order valence-electron chi connectivity index (χ4n) is 4.37. The van der Waals surface area contributed by atoms with E-state index in [1.165, 1.54) is 22.2 Å². The number of carbonyl (C=O) groups is 1. The van der Waals surface area contributed by atoms with Gasteiger partial charge in [0.1, 0.15) is 4.83 Å². The second kappa shape index (κ2) is 9.53. The summed E-state index contributed by atoms with van der Waals surface area (Å²) in [7, 11) is 0. The lowest BCUT2D eigenvalue weighted by Gasteiger charge is -2.13. The zero-order valence-corrected chi connectivity index (χ0v) is 20.1. The maximum atomic E-state index is 13.3. The van der Waals surface area contributed by atoms with Crippen molar-refractivity contribution in [2.45, 2.75) is 44.3 Å². The smallest absolute Gasteiger partial charge is 0.263 e. The van der Waals surface area contributed by atoms with Gasteiger partial charge in [-0.05, 0) is 42.9 Å². The third-order valence-corrected chi connectivity index (χ3v) is 8.02. The molecule has 0 aliphatic heterocycles.